The van der Waals surface area contributed by atoms with Gasteiger partial charge in [0.25, 0.3) is 5.91 Å². The lowest BCUT2D eigenvalue weighted by Gasteiger charge is -2.27. The molecule has 3 nitrogen and oxygen atoms in total. The van der Waals surface area contributed by atoms with E-state index in [0.717, 1.165) is 5.69 Å². The lowest BCUT2D eigenvalue weighted by atomic mass is 10.2. The average Bonchev–Trinajstić information content (AvgIpc) is 2.31. The summed E-state index contributed by atoms with van der Waals surface area (Å²) in [5.41, 5.74) is 0.889. The Morgan fingerprint density at radius 2 is 2.06 bits per heavy atom. The maximum absolute atomic E-state index is 12.0. The number of amides is 1. The van der Waals surface area contributed by atoms with Crippen LogP contribution in [0.5, 0.6) is 0 Å². The van der Waals surface area contributed by atoms with Gasteiger partial charge in [-0.3, -0.25) is 4.79 Å². The van der Waals surface area contributed by atoms with Gasteiger partial charge in [-0.1, -0.05) is 30.4 Å². The summed E-state index contributed by atoms with van der Waals surface area (Å²) in [6.07, 6.45) is 3.93. The standard InChI is InChI=1S/C14H19NO2/c1-4-8-12(2)15(14(16)11-17-3)13-9-6-5-7-10-13/h4-10,12H,11H2,1-3H3. The Balaban J connectivity index is 2.98. The van der Waals surface area contributed by atoms with Crippen LogP contribution in [0.4, 0.5) is 5.69 Å². The smallest absolute Gasteiger partial charge is 0.253 e. The van der Waals surface area contributed by atoms with Crippen LogP contribution in [-0.2, 0) is 9.53 Å². The van der Waals surface area contributed by atoms with Crippen molar-refractivity contribution in [2.24, 2.45) is 0 Å². The van der Waals surface area contributed by atoms with Gasteiger partial charge >= 0.3 is 0 Å². The number of hydrogen-bond donors (Lipinski definition) is 0. The second-order valence-electron chi connectivity index (χ2n) is 3.80. The molecule has 0 N–H and O–H groups in total. The number of methoxy groups -OCH3 is 1. The van der Waals surface area contributed by atoms with Gasteiger partial charge in [0.1, 0.15) is 6.61 Å². The lowest BCUT2D eigenvalue weighted by Crippen LogP contribution is -2.39. The van der Waals surface area contributed by atoms with Gasteiger partial charge in [0, 0.05) is 12.8 Å². The van der Waals surface area contributed by atoms with Gasteiger partial charge in [-0.05, 0) is 26.0 Å². The summed E-state index contributed by atoms with van der Waals surface area (Å²) in [6, 6.07) is 9.64. The molecule has 0 bridgehead atoms. The number of ether oxygens (including phenoxy) is 1. The van der Waals surface area contributed by atoms with E-state index in [1.165, 1.54) is 7.11 Å². The fourth-order valence-corrected chi connectivity index (χ4v) is 1.75. The predicted octanol–water partition coefficient (Wildman–Crippen LogP) is 2.63. The number of allylic oxidation sites excluding steroid dienone is 1. The third-order valence-corrected chi connectivity index (χ3v) is 2.45. The number of anilines is 1. The van der Waals surface area contributed by atoms with E-state index in [1.54, 1.807) is 4.90 Å². The fourth-order valence-electron chi connectivity index (χ4n) is 1.75. The number of benzene rings is 1. The Kier molecular flexibility index (Phi) is 5.43. The molecule has 0 aliphatic heterocycles. The first-order chi connectivity index (χ1) is 8.20. The monoisotopic (exact) mass is 233 g/mol. The van der Waals surface area contributed by atoms with Crippen molar-refractivity contribution < 1.29 is 9.53 Å². The lowest BCUT2D eigenvalue weighted by molar-refractivity contribution is -0.122. The van der Waals surface area contributed by atoms with Gasteiger partial charge in [-0.2, -0.15) is 0 Å². The highest BCUT2D eigenvalue weighted by Crippen LogP contribution is 2.17. The van der Waals surface area contributed by atoms with Crippen molar-refractivity contribution in [3.05, 3.63) is 42.5 Å². The van der Waals surface area contributed by atoms with Gasteiger partial charge in [-0.25, -0.2) is 0 Å². The molecule has 1 rings (SSSR count). The van der Waals surface area contributed by atoms with Crippen molar-refractivity contribution in [2.45, 2.75) is 19.9 Å². The van der Waals surface area contributed by atoms with Gasteiger partial charge in [-0.15, -0.1) is 0 Å². The quantitative estimate of drug-likeness (QED) is 0.732. The Hall–Kier alpha value is -1.61. The SMILES string of the molecule is CC=CC(C)N(C(=O)COC)c1ccccc1. The van der Waals surface area contributed by atoms with Crippen molar-refractivity contribution in [3.8, 4) is 0 Å². The molecule has 92 valence electrons. The second-order valence-corrected chi connectivity index (χ2v) is 3.80. The maximum Gasteiger partial charge on any atom is 0.253 e. The minimum Gasteiger partial charge on any atom is -0.375 e. The van der Waals surface area contributed by atoms with E-state index in [1.807, 2.05) is 56.3 Å². The van der Waals surface area contributed by atoms with E-state index >= 15 is 0 Å². The normalized spacial score (nSPS) is 12.6. The number of rotatable bonds is 5. The molecule has 0 aliphatic carbocycles. The molecular weight excluding hydrogens is 214 g/mol. The molecule has 1 aromatic carbocycles. The summed E-state index contributed by atoms with van der Waals surface area (Å²) in [5.74, 6) is -0.0377. The van der Waals surface area contributed by atoms with E-state index in [2.05, 4.69) is 0 Å². The minimum atomic E-state index is -0.0377. The van der Waals surface area contributed by atoms with E-state index in [9.17, 15) is 4.79 Å². The molecule has 0 aromatic heterocycles. The van der Waals surface area contributed by atoms with Crippen molar-refractivity contribution in [2.75, 3.05) is 18.6 Å². The van der Waals surface area contributed by atoms with Gasteiger partial charge < -0.3 is 9.64 Å². The van der Waals surface area contributed by atoms with Crippen LogP contribution in [0, 0.1) is 0 Å². The summed E-state index contributed by atoms with van der Waals surface area (Å²) in [4.78, 5) is 13.8. The van der Waals surface area contributed by atoms with Crippen LogP contribution in [-0.4, -0.2) is 25.7 Å². The van der Waals surface area contributed by atoms with Crippen LogP contribution in [0.15, 0.2) is 42.5 Å². The molecule has 0 radical (unpaired) electrons. The largest absolute Gasteiger partial charge is 0.375 e. The molecule has 3 heteroatoms. The Bertz CT molecular complexity index is 373. The zero-order valence-corrected chi connectivity index (χ0v) is 10.6. The number of carbonyl (C=O) groups is 1. The first kappa shape index (κ1) is 13.5. The zero-order chi connectivity index (χ0) is 12.7. The van der Waals surface area contributed by atoms with E-state index in [4.69, 9.17) is 4.74 Å². The summed E-state index contributed by atoms with van der Waals surface area (Å²) >= 11 is 0. The third kappa shape index (κ3) is 3.71. The minimum absolute atomic E-state index is 0.0186. The Labute approximate surface area is 103 Å². The molecular formula is C14H19NO2. The molecule has 0 heterocycles. The van der Waals surface area contributed by atoms with Crippen LogP contribution < -0.4 is 4.90 Å². The summed E-state index contributed by atoms with van der Waals surface area (Å²) in [7, 11) is 1.53. The van der Waals surface area contributed by atoms with Crippen LogP contribution in [0.3, 0.4) is 0 Å². The van der Waals surface area contributed by atoms with Crippen molar-refractivity contribution >= 4 is 11.6 Å². The highest BCUT2D eigenvalue weighted by molar-refractivity contribution is 5.95. The molecule has 1 aromatic rings. The highest BCUT2D eigenvalue weighted by atomic mass is 16.5. The van der Waals surface area contributed by atoms with Crippen LogP contribution in [0.1, 0.15) is 13.8 Å². The zero-order valence-electron chi connectivity index (χ0n) is 10.6. The van der Waals surface area contributed by atoms with Crippen molar-refractivity contribution in [1.29, 1.82) is 0 Å². The molecule has 0 saturated heterocycles. The molecule has 1 amide bonds. The summed E-state index contributed by atoms with van der Waals surface area (Å²) in [6.45, 7) is 4.03. The predicted molar refractivity (Wildman–Crippen MR) is 70.1 cm³/mol. The molecule has 0 saturated carbocycles. The van der Waals surface area contributed by atoms with Crippen LogP contribution in [0.25, 0.3) is 0 Å². The summed E-state index contributed by atoms with van der Waals surface area (Å²) < 4.78 is 4.92. The van der Waals surface area contributed by atoms with E-state index in [0.29, 0.717) is 0 Å². The van der Waals surface area contributed by atoms with E-state index < -0.39 is 0 Å². The van der Waals surface area contributed by atoms with Crippen molar-refractivity contribution in [3.63, 3.8) is 0 Å². The summed E-state index contributed by atoms with van der Waals surface area (Å²) in [5, 5.41) is 0. The molecule has 0 fully saturated rings. The topological polar surface area (TPSA) is 29.5 Å². The highest BCUT2D eigenvalue weighted by Gasteiger charge is 2.19. The number of para-hydroxylation sites is 1. The molecule has 1 atom stereocenters. The fraction of sp³-hybridized carbons (Fsp3) is 0.357. The Morgan fingerprint density at radius 1 is 1.41 bits per heavy atom. The molecule has 0 spiro atoms. The maximum atomic E-state index is 12.0. The van der Waals surface area contributed by atoms with Gasteiger partial charge in [0.2, 0.25) is 0 Å². The molecule has 1 unspecified atom stereocenters. The van der Waals surface area contributed by atoms with Gasteiger partial charge in [0.05, 0.1) is 6.04 Å². The molecule has 17 heavy (non-hydrogen) atoms. The van der Waals surface area contributed by atoms with Crippen LogP contribution in [0.2, 0.25) is 0 Å². The first-order valence-corrected chi connectivity index (χ1v) is 5.69. The number of hydrogen-bond acceptors (Lipinski definition) is 2. The van der Waals surface area contributed by atoms with Gasteiger partial charge in [0.15, 0.2) is 0 Å². The third-order valence-electron chi connectivity index (χ3n) is 2.45. The Morgan fingerprint density at radius 3 is 2.59 bits per heavy atom. The number of nitrogens with zero attached hydrogens (tertiary/aromatic N) is 1. The first-order valence-electron chi connectivity index (χ1n) is 5.69. The second kappa shape index (κ2) is 6.86. The van der Waals surface area contributed by atoms with Crippen molar-refractivity contribution in [1.82, 2.24) is 0 Å². The van der Waals surface area contributed by atoms with E-state index in [-0.39, 0.29) is 18.6 Å². The van der Waals surface area contributed by atoms with Crippen LogP contribution >= 0.6 is 0 Å². The number of carbonyl (C=O) groups excluding carboxylic acids is 1. The molecule has 0 aliphatic rings. The average molecular weight is 233 g/mol.